The van der Waals surface area contributed by atoms with Gasteiger partial charge in [0.2, 0.25) is 5.91 Å². The van der Waals surface area contributed by atoms with E-state index in [0.717, 1.165) is 22.3 Å². The van der Waals surface area contributed by atoms with E-state index < -0.39 is 36.0 Å². The Kier molecular flexibility index (Phi) is 7.00. The van der Waals surface area contributed by atoms with Crippen LogP contribution < -0.4 is 10.6 Å². The highest BCUT2D eigenvalue weighted by atomic mass is 32.1. The van der Waals surface area contributed by atoms with Crippen molar-refractivity contribution in [3.63, 3.8) is 0 Å². The molecule has 2 rings (SSSR count). The van der Waals surface area contributed by atoms with E-state index in [4.69, 9.17) is 10.5 Å². The Balaban J connectivity index is 2.22. The van der Waals surface area contributed by atoms with Crippen LogP contribution in [-0.2, 0) is 20.7 Å². The Morgan fingerprint density at radius 3 is 2.63 bits per heavy atom. The maximum absolute atomic E-state index is 13.8. The molecule has 9 heteroatoms. The van der Waals surface area contributed by atoms with Crippen molar-refractivity contribution in [2.75, 3.05) is 18.1 Å². The highest BCUT2D eigenvalue weighted by molar-refractivity contribution is 7.12. The molecule has 2 aromatic rings. The van der Waals surface area contributed by atoms with Gasteiger partial charge in [-0.1, -0.05) is 12.1 Å². The molecule has 0 bridgehead atoms. The number of carbonyl (C=O) groups excluding carboxylic acids is 3. The third-order valence-electron chi connectivity index (χ3n) is 3.69. The van der Waals surface area contributed by atoms with E-state index in [0.29, 0.717) is 0 Å². The number of carbonyl (C=O) groups is 3. The van der Waals surface area contributed by atoms with Crippen molar-refractivity contribution in [2.24, 2.45) is 5.73 Å². The summed E-state index contributed by atoms with van der Waals surface area (Å²) in [4.78, 5) is 37.3. The van der Waals surface area contributed by atoms with Crippen molar-refractivity contribution in [1.82, 2.24) is 0 Å². The van der Waals surface area contributed by atoms with Crippen LogP contribution in [-0.4, -0.2) is 30.9 Å². The second kappa shape index (κ2) is 9.22. The average Bonchev–Trinajstić information content (AvgIpc) is 3.10. The minimum atomic E-state index is -1.02. The fourth-order valence-electron chi connectivity index (χ4n) is 2.46. The second-order valence-electron chi connectivity index (χ2n) is 5.50. The maximum Gasteiger partial charge on any atom is 0.326 e. The van der Waals surface area contributed by atoms with E-state index in [9.17, 15) is 23.2 Å². The quantitative estimate of drug-likeness (QED) is 0.695. The lowest BCUT2D eigenvalue weighted by Gasteiger charge is -2.22. The number of anilines is 1. The number of thiophene rings is 1. The number of aryl methyl sites for hydroxylation is 1. The molecule has 1 heterocycles. The number of rotatable bonds is 8. The minimum absolute atomic E-state index is 0.0416. The first-order valence-corrected chi connectivity index (χ1v) is 8.99. The summed E-state index contributed by atoms with van der Waals surface area (Å²) in [6.07, 6.45) is -0.272. The largest absolute Gasteiger partial charge is 0.465 e. The number of halogens is 2. The highest BCUT2D eigenvalue weighted by Crippen LogP contribution is 2.27. The summed E-state index contributed by atoms with van der Waals surface area (Å²) in [6, 6.07) is 5.20. The summed E-state index contributed by atoms with van der Waals surface area (Å²) in [6.45, 7) is 1.33. The molecule has 1 aromatic heterocycles. The lowest BCUT2D eigenvalue weighted by Crippen LogP contribution is -2.37. The molecule has 0 saturated heterocycles. The number of primary amides is 1. The number of benzene rings is 1. The predicted octanol–water partition coefficient (Wildman–Crippen LogP) is 2.65. The summed E-state index contributed by atoms with van der Waals surface area (Å²) < 4.78 is 31.9. The van der Waals surface area contributed by atoms with Crippen LogP contribution in [0.2, 0.25) is 0 Å². The standard InChI is InChI=1S/C18H18F2N2O4S/c1-2-26-15(24)10-22(13-8-9-27-17(13)18(21)25)14(23)7-6-11-4-3-5-12(19)16(11)20/h3-5,8-9H,2,6-7,10H2,1H3,(H2,21,25). The van der Waals surface area contributed by atoms with Crippen LogP contribution >= 0.6 is 11.3 Å². The molecule has 2 N–H and O–H groups in total. The fourth-order valence-corrected chi connectivity index (χ4v) is 3.21. The van der Waals surface area contributed by atoms with E-state index in [1.54, 1.807) is 12.3 Å². The third kappa shape index (κ3) is 5.10. The van der Waals surface area contributed by atoms with Crippen molar-refractivity contribution < 1.29 is 27.9 Å². The topological polar surface area (TPSA) is 89.7 Å². The minimum Gasteiger partial charge on any atom is -0.465 e. The van der Waals surface area contributed by atoms with Gasteiger partial charge in [-0.05, 0) is 36.4 Å². The summed E-state index contributed by atoms with van der Waals surface area (Å²) >= 11 is 1.03. The Hall–Kier alpha value is -2.81. The first kappa shape index (κ1) is 20.5. The van der Waals surface area contributed by atoms with Crippen molar-refractivity contribution in [3.8, 4) is 0 Å². The van der Waals surface area contributed by atoms with Crippen LogP contribution in [0.4, 0.5) is 14.5 Å². The third-order valence-corrected chi connectivity index (χ3v) is 4.61. The van der Waals surface area contributed by atoms with Crippen LogP contribution in [0.3, 0.4) is 0 Å². The highest BCUT2D eigenvalue weighted by Gasteiger charge is 2.25. The Morgan fingerprint density at radius 2 is 1.96 bits per heavy atom. The second-order valence-corrected chi connectivity index (χ2v) is 6.41. The van der Waals surface area contributed by atoms with Gasteiger partial charge in [-0.2, -0.15) is 0 Å². The Morgan fingerprint density at radius 1 is 1.22 bits per heavy atom. The first-order valence-electron chi connectivity index (χ1n) is 8.11. The van der Waals surface area contributed by atoms with Gasteiger partial charge in [0, 0.05) is 6.42 Å². The number of nitrogens with two attached hydrogens (primary N) is 1. The lowest BCUT2D eigenvalue weighted by atomic mass is 10.1. The lowest BCUT2D eigenvalue weighted by molar-refractivity contribution is -0.142. The molecule has 0 spiro atoms. The molecule has 0 unspecified atom stereocenters. The molecule has 0 aliphatic carbocycles. The average molecular weight is 396 g/mol. The maximum atomic E-state index is 13.8. The number of esters is 1. The molecule has 0 saturated carbocycles. The molecule has 6 nitrogen and oxygen atoms in total. The number of hydrogen-bond donors (Lipinski definition) is 1. The monoisotopic (exact) mass is 396 g/mol. The van der Waals surface area contributed by atoms with E-state index in [1.807, 2.05) is 0 Å². The van der Waals surface area contributed by atoms with Gasteiger partial charge in [-0.3, -0.25) is 19.3 Å². The van der Waals surface area contributed by atoms with Gasteiger partial charge in [-0.25, -0.2) is 8.78 Å². The molecule has 0 radical (unpaired) electrons. The fraction of sp³-hybridized carbons (Fsp3) is 0.278. The van der Waals surface area contributed by atoms with E-state index in [-0.39, 0.29) is 35.6 Å². The Bertz CT molecular complexity index is 854. The molecule has 27 heavy (non-hydrogen) atoms. The van der Waals surface area contributed by atoms with Gasteiger partial charge < -0.3 is 10.5 Å². The van der Waals surface area contributed by atoms with Crippen LogP contribution in [0.1, 0.15) is 28.6 Å². The van der Waals surface area contributed by atoms with Crippen molar-refractivity contribution in [1.29, 1.82) is 0 Å². The number of hydrogen-bond acceptors (Lipinski definition) is 5. The molecule has 0 atom stereocenters. The van der Waals surface area contributed by atoms with Gasteiger partial charge in [0.25, 0.3) is 5.91 Å². The van der Waals surface area contributed by atoms with E-state index in [1.165, 1.54) is 18.2 Å². The molecular weight excluding hydrogens is 378 g/mol. The predicted molar refractivity (Wildman–Crippen MR) is 96.5 cm³/mol. The van der Waals surface area contributed by atoms with Crippen molar-refractivity contribution in [3.05, 3.63) is 51.7 Å². The number of amides is 2. The van der Waals surface area contributed by atoms with Gasteiger partial charge in [0.15, 0.2) is 11.6 Å². The smallest absolute Gasteiger partial charge is 0.326 e. The zero-order chi connectivity index (χ0) is 20.0. The normalized spacial score (nSPS) is 10.5. The van der Waals surface area contributed by atoms with E-state index >= 15 is 0 Å². The molecular formula is C18H18F2N2O4S. The summed E-state index contributed by atoms with van der Waals surface area (Å²) in [5.41, 5.74) is 5.54. The zero-order valence-corrected chi connectivity index (χ0v) is 15.4. The molecule has 0 aliphatic heterocycles. The van der Waals surface area contributed by atoms with Gasteiger partial charge in [0.1, 0.15) is 11.4 Å². The molecule has 0 fully saturated rings. The SMILES string of the molecule is CCOC(=O)CN(C(=O)CCc1cccc(F)c1F)c1ccsc1C(N)=O. The number of nitrogens with zero attached hydrogens (tertiary/aromatic N) is 1. The molecule has 2 amide bonds. The summed E-state index contributed by atoms with van der Waals surface area (Å²) in [7, 11) is 0. The Labute approximate surface area is 158 Å². The van der Waals surface area contributed by atoms with Gasteiger partial charge >= 0.3 is 5.97 Å². The summed E-state index contributed by atoms with van der Waals surface area (Å²) in [5.74, 6) is -3.97. The molecule has 1 aromatic carbocycles. The summed E-state index contributed by atoms with van der Waals surface area (Å²) in [5, 5.41) is 1.56. The van der Waals surface area contributed by atoms with Crippen LogP contribution in [0.25, 0.3) is 0 Å². The number of ether oxygens (including phenoxy) is 1. The first-order chi connectivity index (χ1) is 12.8. The van der Waals surface area contributed by atoms with Gasteiger partial charge in [-0.15, -0.1) is 11.3 Å². The zero-order valence-electron chi connectivity index (χ0n) is 14.5. The van der Waals surface area contributed by atoms with Crippen molar-refractivity contribution in [2.45, 2.75) is 19.8 Å². The molecule has 144 valence electrons. The van der Waals surface area contributed by atoms with Gasteiger partial charge in [0.05, 0.1) is 12.3 Å². The molecule has 0 aliphatic rings. The van der Waals surface area contributed by atoms with E-state index in [2.05, 4.69) is 0 Å². The van der Waals surface area contributed by atoms with Crippen LogP contribution in [0.5, 0.6) is 0 Å². The van der Waals surface area contributed by atoms with Crippen LogP contribution in [0.15, 0.2) is 29.6 Å². The van der Waals surface area contributed by atoms with Crippen molar-refractivity contribution >= 4 is 34.8 Å². The van der Waals surface area contributed by atoms with Crippen LogP contribution in [0, 0.1) is 11.6 Å².